The Bertz CT molecular complexity index is 783. The summed E-state index contributed by atoms with van der Waals surface area (Å²) in [5.41, 5.74) is 4.16. The van der Waals surface area contributed by atoms with Gasteiger partial charge in [-0.05, 0) is 42.9 Å². The summed E-state index contributed by atoms with van der Waals surface area (Å²) in [6, 6.07) is 19.5. The number of nitrogens with one attached hydrogen (secondary N) is 1. The standard InChI is InChI=1S/C24H31N3O/c1-19(27-16-11-21-9-5-6-10-22(21)18-27)24(28)25-23-12-14-26(15-13-23)17-20-7-3-2-4-8-20/h2-10,19,23H,11-18H2,1H3,(H,25,28)/t19-/m1/s1. The number of amides is 1. The second-order valence-corrected chi connectivity index (χ2v) is 8.21. The van der Waals surface area contributed by atoms with Gasteiger partial charge >= 0.3 is 0 Å². The molecule has 2 aromatic carbocycles. The molecule has 148 valence electrons. The first kappa shape index (κ1) is 19.2. The summed E-state index contributed by atoms with van der Waals surface area (Å²) >= 11 is 0. The second kappa shape index (κ2) is 8.89. The van der Waals surface area contributed by atoms with Crippen molar-refractivity contribution >= 4 is 5.91 Å². The Hall–Kier alpha value is -2.17. The fourth-order valence-electron chi connectivity index (χ4n) is 4.41. The number of carbonyl (C=O) groups is 1. The van der Waals surface area contributed by atoms with Crippen molar-refractivity contribution in [3.05, 3.63) is 71.3 Å². The topological polar surface area (TPSA) is 35.6 Å². The molecule has 4 nitrogen and oxygen atoms in total. The van der Waals surface area contributed by atoms with Crippen LogP contribution in [-0.4, -0.2) is 47.4 Å². The SMILES string of the molecule is C[C@H](C(=O)NC1CCN(Cc2ccccc2)CC1)N1CCc2ccccc2C1. The summed E-state index contributed by atoms with van der Waals surface area (Å²) in [4.78, 5) is 17.6. The second-order valence-electron chi connectivity index (χ2n) is 8.21. The Labute approximate surface area is 168 Å². The molecule has 1 atom stereocenters. The van der Waals surface area contributed by atoms with E-state index < -0.39 is 0 Å². The Kier molecular flexibility index (Phi) is 6.08. The number of piperidine rings is 1. The van der Waals surface area contributed by atoms with Crippen LogP contribution in [0.4, 0.5) is 0 Å². The van der Waals surface area contributed by atoms with Crippen LogP contribution in [0.1, 0.15) is 36.5 Å². The van der Waals surface area contributed by atoms with Crippen molar-refractivity contribution < 1.29 is 4.79 Å². The van der Waals surface area contributed by atoms with E-state index >= 15 is 0 Å². The largest absolute Gasteiger partial charge is 0.352 e. The van der Waals surface area contributed by atoms with Crippen molar-refractivity contribution in [3.63, 3.8) is 0 Å². The molecule has 2 aliphatic rings. The molecule has 0 radical (unpaired) electrons. The van der Waals surface area contributed by atoms with Crippen molar-refractivity contribution in [2.24, 2.45) is 0 Å². The van der Waals surface area contributed by atoms with E-state index in [0.29, 0.717) is 6.04 Å². The first-order chi connectivity index (χ1) is 13.7. The highest BCUT2D eigenvalue weighted by Gasteiger charge is 2.28. The van der Waals surface area contributed by atoms with Crippen LogP contribution in [0.25, 0.3) is 0 Å². The molecule has 1 amide bonds. The highest BCUT2D eigenvalue weighted by Crippen LogP contribution is 2.21. The van der Waals surface area contributed by atoms with Gasteiger partial charge in [0.15, 0.2) is 0 Å². The lowest BCUT2D eigenvalue weighted by Crippen LogP contribution is -2.51. The maximum atomic E-state index is 12.8. The molecule has 4 heteroatoms. The van der Waals surface area contributed by atoms with Crippen molar-refractivity contribution in [2.75, 3.05) is 19.6 Å². The molecular weight excluding hydrogens is 346 g/mol. The molecule has 2 aliphatic heterocycles. The van der Waals surface area contributed by atoms with Gasteiger partial charge in [0.05, 0.1) is 6.04 Å². The summed E-state index contributed by atoms with van der Waals surface area (Å²) in [7, 11) is 0. The van der Waals surface area contributed by atoms with Gasteiger partial charge in [-0.3, -0.25) is 14.6 Å². The van der Waals surface area contributed by atoms with Crippen LogP contribution >= 0.6 is 0 Å². The molecule has 1 fully saturated rings. The number of hydrogen-bond acceptors (Lipinski definition) is 3. The highest BCUT2D eigenvalue weighted by atomic mass is 16.2. The molecule has 2 aromatic rings. The number of carbonyl (C=O) groups excluding carboxylic acids is 1. The lowest BCUT2D eigenvalue weighted by molar-refractivity contribution is -0.127. The molecule has 28 heavy (non-hydrogen) atoms. The average Bonchev–Trinajstić information content (AvgIpc) is 2.75. The van der Waals surface area contributed by atoms with E-state index in [0.717, 1.165) is 52.0 Å². The minimum absolute atomic E-state index is 0.0734. The zero-order valence-corrected chi connectivity index (χ0v) is 16.8. The van der Waals surface area contributed by atoms with Crippen molar-refractivity contribution in [1.82, 2.24) is 15.1 Å². The molecule has 0 bridgehead atoms. The van der Waals surface area contributed by atoms with E-state index in [1.54, 1.807) is 0 Å². The van der Waals surface area contributed by atoms with Gasteiger partial charge in [0.2, 0.25) is 5.91 Å². The van der Waals surface area contributed by atoms with E-state index in [9.17, 15) is 4.79 Å². The van der Waals surface area contributed by atoms with Gasteiger partial charge in [-0.15, -0.1) is 0 Å². The third-order valence-corrected chi connectivity index (χ3v) is 6.27. The number of rotatable bonds is 5. The zero-order chi connectivity index (χ0) is 19.3. The minimum Gasteiger partial charge on any atom is -0.352 e. The monoisotopic (exact) mass is 377 g/mol. The quantitative estimate of drug-likeness (QED) is 0.869. The van der Waals surface area contributed by atoms with Gasteiger partial charge in [-0.2, -0.15) is 0 Å². The van der Waals surface area contributed by atoms with E-state index in [2.05, 4.69) is 69.7 Å². The van der Waals surface area contributed by atoms with Crippen LogP contribution in [0.15, 0.2) is 54.6 Å². The van der Waals surface area contributed by atoms with Gasteiger partial charge in [-0.25, -0.2) is 0 Å². The Morgan fingerprint density at radius 1 is 1.00 bits per heavy atom. The van der Waals surface area contributed by atoms with Crippen LogP contribution in [0.2, 0.25) is 0 Å². The zero-order valence-electron chi connectivity index (χ0n) is 16.8. The average molecular weight is 378 g/mol. The maximum absolute atomic E-state index is 12.8. The summed E-state index contributed by atoms with van der Waals surface area (Å²) in [5.74, 6) is 0.181. The van der Waals surface area contributed by atoms with Crippen LogP contribution in [0.3, 0.4) is 0 Å². The number of likely N-dealkylation sites (tertiary alicyclic amines) is 1. The van der Waals surface area contributed by atoms with Crippen LogP contribution in [-0.2, 0) is 24.3 Å². The van der Waals surface area contributed by atoms with Crippen LogP contribution in [0, 0.1) is 0 Å². The summed E-state index contributed by atoms with van der Waals surface area (Å²) in [6.45, 7) is 6.98. The summed E-state index contributed by atoms with van der Waals surface area (Å²) < 4.78 is 0. The number of hydrogen-bond donors (Lipinski definition) is 1. The molecule has 0 unspecified atom stereocenters. The summed E-state index contributed by atoms with van der Waals surface area (Å²) in [5, 5.41) is 3.32. The molecule has 4 rings (SSSR count). The predicted octanol–water partition coefficient (Wildman–Crippen LogP) is 3.21. The Morgan fingerprint density at radius 2 is 1.68 bits per heavy atom. The molecular formula is C24H31N3O. The van der Waals surface area contributed by atoms with Gasteiger partial charge in [-0.1, -0.05) is 54.6 Å². The number of nitrogens with zero attached hydrogens (tertiary/aromatic N) is 2. The van der Waals surface area contributed by atoms with Crippen LogP contribution < -0.4 is 5.32 Å². The Morgan fingerprint density at radius 3 is 2.43 bits per heavy atom. The van der Waals surface area contributed by atoms with E-state index in [4.69, 9.17) is 0 Å². The normalized spacial score (nSPS) is 19.8. The fourth-order valence-corrected chi connectivity index (χ4v) is 4.41. The van der Waals surface area contributed by atoms with Gasteiger partial charge in [0.1, 0.15) is 0 Å². The Balaban J connectivity index is 1.24. The third-order valence-electron chi connectivity index (χ3n) is 6.27. The molecule has 0 spiro atoms. The van der Waals surface area contributed by atoms with E-state index in [1.807, 2.05) is 6.92 Å². The molecule has 1 N–H and O–H groups in total. The van der Waals surface area contributed by atoms with Gasteiger partial charge < -0.3 is 5.32 Å². The van der Waals surface area contributed by atoms with E-state index in [-0.39, 0.29) is 11.9 Å². The maximum Gasteiger partial charge on any atom is 0.237 e. The third kappa shape index (κ3) is 4.62. The first-order valence-corrected chi connectivity index (χ1v) is 10.6. The number of fused-ring (bicyclic) bond motifs is 1. The lowest BCUT2D eigenvalue weighted by atomic mass is 9.98. The molecule has 1 saturated heterocycles. The molecule has 0 aromatic heterocycles. The smallest absolute Gasteiger partial charge is 0.237 e. The minimum atomic E-state index is -0.0734. The molecule has 0 saturated carbocycles. The van der Waals surface area contributed by atoms with Gasteiger partial charge in [0, 0.05) is 38.8 Å². The van der Waals surface area contributed by atoms with Crippen molar-refractivity contribution in [1.29, 1.82) is 0 Å². The molecule has 0 aliphatic carbocycles. The number of benzene rings is 2. The predicted molar refractivity (Wildman–Crippen MR) is 113 cm³/mol. The lowest BCUT2D eigenvalue weighted by Gasteiger charge is -2.36. The van der Waals surface area contributed by atoms with Crippen LogP contribution in [0.5, 0.6) is 0 Å². The summed E-state index contributed by atoms with van der Waals surface area (Å²) in [6.07, 6.45) is 3.11. The van der Waals surface area contributed by atoms with Crippen molar-refractivity contribution in [3.8, 4) is 0 Å². The van der Waals surface area contributed by atoms with E-state index in [1.165, 1.54) is 16.7 Å². The van der Waals surface area contributed by atoms with Crippen molar-refractivity contribution in [2.45, 2.75) is 51.4 Å². The fraction of sp³-hybridized carbons (Fsp3) is 0.458. The van der Waals surface area contributed by atoms with Gasteiger partial charge in [0.25, 0.3) is 0 Å². The molecule has 2 heterocycles. The highest BCUT2D eigenvalue weighted by molar-refractivity contribution is 5.81. The first-order valence-electron chi connectivity index (χ1n) is 10.6.